The van der Waals surface area contributed by atoms with Gasteiger partial charge in [-0.05, 0) is 30.5 Å². The summed E-state index contributed by atoms with van der Waals surface area (Å²) in [6.07, 6.45) is 5.28. The van der Waals surface area contributed by atoms with Crippen molar-refractivity contribution in [2.45, 2.75) is 13.5 Å². The highest BCUT2D eigenvalue weighted by molar-refractivity contribution is 9.10. The Balaban J connectivity index is 2.12. The molecule has 18 heavy (non-hydrogen) atoms. The molecular weight excluding hydrogens is 294 g/mol. The summed E-state index contributed by atoms with van der Waals surface area (Å²) in [6.45, 7) is 2.85. The lowest BCUT2D eigenvalue weighted by Gasteiger charge is -2.01. The van der Waals surface area contributed by atoms with Crippen molar-refractivity contribution in [3.8, 4) is 0 Å². The zero-order valence-corrected chi connectivity index (χ0v) is 11.7. The lowest BCUT2D eigenvalue weighted by atomic mass is 10.2. The van der Waals surface area contributed by atoms with Gasteiger partial charge in [0.1, 0.15) is 0 Å². The van der Waals surface area contributed by atoms with E-state index in [4.69, 9.17) is 4.74 Å². The summed E-state index contributed by atoms with van der Waals surface area (Å²) in [5.74, 6) is -0.296. The van der Waals surface area contributed by atoms with E-state index in [9.17, 15) is 4.79 Å². The fourth-order valence-electron chi connectivity index (χ4n) is 1.77. The van der Waals surface area contributed by atoms with Crippen LogP contribution in [0.3, 0.4) is 0 Å². The Labute approximate surface area is 114 Å². The average molecular weight is 308 g/mol. The zero-order valence-electron chi connectivity index (χ0n) is 10.1. The van der Waals surface area contributed by atoms with Crippen LogP contribution in [0.2, 0.25) is 0 Å². The highest BCUT2D eigenvalue weighted by Crippen LogP contribution is 2.20. The molecule has 0 radical (unpaired) electrons. The van der Waals surface area contributed by atoms with Crippen molar-refractivity contribution in [2.24, 2.45) is 0 Å². The van der Waals surface area contributed by atoms with Crippen molar-refractivity contribution in [3.63, 3.8) is 0 Å². The number of nitrogens with zero attached hydrogens (tertiary/aromatic N) is 1. The summed E-state index contributed by atoms with van der Waals surface area (Å²) in [7, 11) is 0. The van der Waals surface area contributed by atoms with Gasteiger partial charge < -0.3 is 9.30 Å². The number of rotatable bonds is 4. The molecule has 1 aromatic carbocycles. The van der Waals surface area contributed by atoms with Gasteiger partial charge in [-0.15, -0.1) is 0 Å². The maximum atomic E-state index is 11.2. The van der Waals surface area contributed by atoms with Crippen molar-refractivity contribution in [1.82, 2.24) is 4.57 Å². The summed E-state index contributed by atoms with van der Waals surface area (Å²) in [6, 6.07) is 8.19. The molecule has 0 bridgehead atoms. The number of esters is 1. The lowest BCUT2D eigenvalue weighted by molar-refractivity contribution is -0.137. The molecule has 2 aromatic rings. The number of halogens is 1. The molecule has 0 N–H and O–H groups in total. The zero-order chi connectivity index (χ0) is 13.0. The van der Waals surface area contributed by atoms with E-state index >= 15 is 0 Å². The van der Waals surface area contributed by atoms with Gasteiger partial charge in [-0.25, -0.2) is 4.79 Å². The SMILES string of the molecule is CCOC(=O)/C=C/Cn1ccc2ccc(Br)cc21. The Bertz CT molecular complexity index is 586. The Morgan fingerprint density at radius 2 is 2.28 bits per heavy atom. The number of carbonyl (C=O) groups excluding carboxylic acids is 1. The van der Waals surface area contributed by atoms with Crippen LogP contribution in [0.1, 0.15) is 6.92 Å². The molecule has 1 heterocycles. The third-order valence-electron chi connectivity index (χ3n) is 2.58. The first kappa shape index (κ1) is 12.9. The Morgan fingerprint density at radius 3 is 3.06 bits per heavy atom. The molecule has 0 aliphatic heterocycles. The first-order chi connectivity index (χ1) is 8.70. The second-order valence-corrected chi connectivity index (χ2v) is 4.74. The monoisotopic (exact) mass is 307 g/mol. The summed E-state index contributed by atoms with van der Waals surface area (Å²) in [5, 5.41) is 1.18. The minimum absolute atomic E-state index is 0.296. The maximum Gasteiger partial charge on any atom is 0.330 e. The van der Waals surface area contributed by atoms with Crippen LogP contribution in [0.25, 0.3) is 10.9 Å². The van der Waals surface area contributed by atoms with Gasteiger partial charge in [0, 0.05) is 28.8 Å². The Kier molecular flexibility index (Phi) is 4.20. The van der Waals surface area contributed by atoms with Crippen molar-refractivity contribution >= 4 is 32.8 Å². The molecule has 0 unspecified atom stereocenters. The van der Waals surface area contributed by atoms with Crippen molar-refractivity contribution in [2.75, 3.05) is 6.61 Å². The van der Waals surface area contributed by atoms with Crippen LogP contribution in [0.5, 0.6) is 0 Å². The molecule has 0 saturated carbocycles. The number of fused-ring (bicyclic) bond motifs is 1. The minimum atomic E-state index is -0.296. The molecule has 0 amide bonds. The molecule has 4 heteroatoms. The van der Waals surface area contributed by atoms with E-state index in [2.05, 4.69) is 38.7 Å². The van der Waals surface area contributed by atoms with E-state index in [1.54, 1.807) is 13.0 Å². The van der Waals surface area contributed by atoms with Crippen molar-refractivity contribution < 1.29 is 9.53 Å². The third-order valence-corrected chi connectivity index (χ3v) is 3.07. The number of hydrogen-bond acceptors (Lipinski definition) is 2. The van der Waals surface area contributed by atoms with Crippen LogP contribution in [-0.4, -0.2) is 17.1 Å². The Morgan fingerprint density at radius 1 is 1.44 bits per heavy atom. The molecule has 94 valence electrons. The second-order valence-electron chi connectivity index (χ2n) is 3.83. The van der Waals surface area contributed by atoms with Crippen LogP contribution in [-0.2, 0) is 16.1 Å². The summed E-state index contributed by atoms with van der Waals surface area (Å²) >= 11 is 3.46. The molecule has 2 rings (SSSR count). The minimum Gasteiger partial charge on any atom is -0.463 e. The normalized spacial score (nSPS) is 11.2. The lowest BCUT2D eigenvalue weighted by Crippen LogP contribution is -2.00. The topological polar surface area (TPSA) is 31.2 Å². The predicted molar refractivity (Wildman–Crippen MR) is 75.4 cm³/mol. The van der Waals surface area contributed by atoms with Gasteiger partial charge in [-0.2, -0.15) is 0 Å². The molecule has 0 aliphatic rings. The van der Waals surface area contributed by atoms with E-state index in [0.29, 0.717) is 13.2 Å². The van der Waals surface area contributed by atoms with Crippen molar-refractivity contribution in [3.05, 3.63) is 47.1 Å². The molecule has 0 saturated heterocycles. The van der Waals surface area contributed by atoms with Gasteiger partial charge >= 0.3 is 5.97 Å². The molecule has 3 nitrogen and oxygen atoms in total. The second kappa shape index (κ2) is 5.87. The van der Waals surface area contributed by atoms with Gasteiger partial charge in [0.15, 0.2) is 0 Å². The van der Waals surface area contributed by atoms with E-state index in [0.717, 1.165) is 9.99 Å². The van der Waals surface area contributed by atoms with Crippen LogP contribution < -0.4 is 0 Å². The van der Waals surface area contributed by atoms with Crippen LogP contribution in [0.15, 0.2) is 47.1 Å². The number of allylic oxidation sites excluding steroid dienone is 1. The molecule has 0 fully saturated rings. The van der Waals surface area contributed by atoms with Gasteiger partial charge in [-0.3, -0.25) is 0 Å². The smallest absolute Gasteiger partial charge is 0.330 e. The predicted octanol–water partition coefficient (Wildman–Crippen LogP) is 3.52. The summed E-state index contributed by atoms with van der Waals surface area (Å²) in [4.78, 5) is 11.2. The molecule has 1 aromatic heterocycles. The summed E-state index contributed by atoms with van der Waals surface area (Å²) < 4.78 is 7.95. The fourth-order valence-corrected chi connectivity index (χ4v) is 2.12. The third kappa shape index (κ3) is 3.01. The first-order valence-electron chi connectivity index (χ1n) is 5.78. The largest absolute Gasteiger partial charge is 0.463 e. The van der Waals surface area contributed by atoms with E-state index in [-0.39, 0.29) is 5.97 Å². The number of aromatic nitrogens is 1. The van der Waals surface area contributed by atoms with Crippen LogP contribution >= 0.6 is 15.9 Å². The standard InChI is InChI=1S/C14H14BrNO2/c1-2-18-14(17)4-3-8-16-9-7-11-5-6-12(15)10-13(11)16/h3-7,9-10H,2,8H2,1H3/b4-3+. The van der Waals surface area contributed by atoms with Crippen LogP contribution in [0.4, 0.5) is 0 Å². The van der Waals surface area contributed by atoms with E-state index in [1.165, 1.54) is 11.5 Å². The highest BCUT2D eigenvalue weighted by Gasteiger charge is 2.00. The maximum absolute atomic E-state index is 11.2. The molecular formula is C14H14BrNO2. The first-order valence-corrected chi connectivity index (χ1v) is 6.57. The van der Waals surface area contributed by atoms with Gasteiger partial charge in [0.05, 0.1) is 6.61 Å². The van der Waals surface area contributed by atoms with E-state index in [1.807, 2.05) is 12.3 Å². The molecule has 0 spiro atoms. The fraction of sp³-hybridized carbons (Fsp3) is 0.214. The number of benzene rings is 1. The average Bonchev–Trinajstić information content (AvgIpc) is 2.72. The van der Waals surface area contributed by atoms with Gasteiger partial charge in [-0.1, -0.05) is 28.1 Å². The number of ether oxygens (including phenoxy) is 1. The highest BCUT2D eigenvalue weighted by atomic mass is 79.9. The van der Waals surface area contributed by atoms with E-state index < -0.39 is 0 Å². The quantitative estimate of drug-likeness (QED) is 0.639. The number of hydrogen-bond donors (Lipinski definition) is 0. The molecule has 0 atom stereocenters. The van der Waals surface area contributed by atoms with Crippen molar-refractivity contribution in [1.29, 1.82) is 0 Å². The van der Waals surface area contributed by atoms with Gasteiger partial charge in [0.25, 0.3) is 0 Å². The van der Waals surface area contributed by atoms with Crippen LogP contribution in [0, 0.1) is 0 Å². The Hall–Kier alpha value is -1.55. The van der Waals surface area contributed by atoms with Gasteiger partial charge in [0.2, 0.25) is 0 Å². The number of carbonyl (C=O) groups is 1. The molecule has 0 aliphatic carbocycles. The summed E-state index contributed by atoms with van der Waals surface area (Å²) in [5.41, 5.74) is 1.14.